The van der Waals surface area contributed by atoms with Gasteiger partial charge in [0, 0.05) is 12.5 Å². The molecule has 5 heteroatoms. The molecule has 0 aromatic carbocycles. The molecule has 1 fully saturated rings. The lowest BCUT2D eigenvalue weighted by molar-refractivity contribution is -0.199. The molecular formula is C12H19F3N2. The van der Waals surface area contributed by atoms with Gasteiger partial charge in [0.2, 0.25) is 0 Å². The van der Waals surface area contributed by atoms with Gasteiger partial charge >= 0.3 is 6.18 Å². The zero-order valence-electron chi connectivity index (χ0n) is 9.98. The largest absolute Gasteiger partial charge is 0.392 e. The van der Waals surface area contributed by atoms with E-state index in [0.29, 0.717) is 19.3 Å². The average molecular weight is 248 g/mol. The van der Waals surface area contributed by atoms with Crippen LogP contribution >= 0.6 is 0 Å². The molecule has 1 rings (SSSR count). The Morgan fingerprint density at radius 2 is 2.00 bits per heavy atom. The van der Waals surface area contributed by atoms with Crippen molar-refractivity contribution in [2.24, 2.45) is 17.7 Å². The molecule has 3 atom stereocenters. The predicted octanol–water partition coefficient (Wildman–Crippen LogP) is 2.60. The highest BCUT2D eigenvalue weighted by molar-refractivity contribution is 5.00. The molecule has 3 N–H and O–H groups in total. The summed E-state index contributed by atoms with van der Waals surface area (Å²) in [7, 11) is 0. The van der Waals surface area contributed by atoms with Crippen LogP contribution in [0.2, 0.25) is 0 Å². The van der Waals surface area contributed by atoms with Crippen LogP contribution in [0.1, 0.15) is 39.0 Å². The standard InChI is InChI=1S/C12H19F3N2/c1-2-3-8-11(17-16)9-6-4-5-7-10(9)12(13,14)15/h9-11,17H,4-8,16H2,1H3. The zero-order chi connectivity index (χ0) is 12.9. The Labute approximate surface area is 100 Å². The van der Waals surface area contributed by atoms with Gasteiger partial charge in [-0.3, -0.25) is 11.3 Å². The van der Waals surface area contributed by atoms with Gasteiger partial charge in [0.15, 0.2) is 0 Å². The Morgan fingerprint density at radius 3 is 2.53 bits per heavy atom. The summed E-state index contributed by atoms with van der Waals surface area (Å²) in [4.78, 5) is 0. The fourth-order valence-corrected chi connectivity index (χ4v) is 2.59. The maximum Gasteiger partial charge on any atom is 0.392 e. The highest BCUT2D eigenvalue weighted by Gasteiger charge is 2.47. The first-order valence-corrected chi connectivity index (χ1v) is 5.93. The number of alkyl halides is 3. The van der Waals surface area contributed by atoms with Gasteiger partial charge in [-0.15, -0.1) is 11.8 Å². The third-order valence-corrected chi connectivity index (χ3v) is 3.47. The van der Waals surface area contributed by atoms with Crippen molar-refractivity contribution in [3.05, 3.63) is 0 Å². The molecule has 0 aliphatic heterocycles. The van der Waals surface area contributed by atoms with Gasteiger partial charge in [-0.25, -0.2) is 0 Å². The van der Waals surface area contributed by atoms with Crippen LogP contribution < -0.4 is 11.3 Å². The van der Waals surface area contributed by atoms with Crippen molar-refractivity contribution in [3.8, 4) is 11.8 Å². The number of hydrogen-bond acceptors (Lipinski definition) is 2. The Kier molecular flexibility index (Phi) is 5.29. The van der Waals surface area contributed by atoms with E-state index >= 15 is 0 Å². The van der Waals surface area contributed by atoms with Crippen LogP contribution in [0.15, 0.2) is 0 Å². The van der Waals surface area contributed by atoms with Crippen LogP contribution in [0.4, 0.5) is 13.2 Å². The maximum atomic E-state index is 12.9. The van der Waals surface area contributed by atoms with E-state index < -0.39 is 18.0 Å². The first kappa shape index (κ1) is 14.3. The van der Waals surface area contributed by atoms with Crippen molar-refractivity contribution in [3.63, 3.8) is 0 Å². The summed E-state index contributed by atoms with van der Waals surface area (Å²) in [6.45, 7) is 1.68. The predicted molar refractivity (Wildman–Crippen MR) is 60.7 cm³/mol. The summed E-state index contributed by atoms with van der Waals surface area (Å²) in [5, 5.41) is 0. The van der Waals surface area contributed by atoms with Gasteiger partial charge in [-0.05, 0) is 25.7 Å². The van der Waals surface area contributed by atoms with Crippen molar-refractivity contribution >= 4 is 0 Å². The SMILES string of the molecule is CC#CCC(NN)C1CCCCC1C(F)(F)F. The summed E-state index contributed by atoms with van der Waals surface area (Å²) in [5.41, 5.74) is 2.51. The van der Waals surface area contributed by atoms with E-state index in [2.05, 4.69) is 17.3 Å². The molecule has 0 aromatic rings. The van der Waals surface area contributed by atoms with E-state index in [9.17, 15) is 13.2 Å². The molecule has 1 aliphatic rings. The second-order valence-corrected chi connectivity index (χ2v) is 4.50. The van der Waals surface area contributed by atoms with Crippen molar-refractivity contribution < 1.29 is 13.2 Å². The first-order chi connectivity index (χ1) is 8.00. The van der Waals surface area contributed by atoms with Gasteiger partial charge in [-0.2, -0.15) is 13.2 Å². The van der Waals surface area contributed by atoms with Gasteiger partial charge in [0.25, 0.3) is 0 Å². The summed E-state index contributed by atoms with van der Waals surface area (Å²) < 4.78 is 38.7. The fraction of sp³-hybridized carbons (Fsp3) is 0.833. The van der Waals surface area contributed by atoms with Gasteiger partial charge in [0.05, 0.1) is 5.92 Å². The number of hydrazine groups is 1. The molecule has 0 spiro atoms. The first-order valence-electron chi connectivity index (χ1n) is 5.93. The topological polar surface area (TPSA) is 38.0 Å². The van der Waals surface area contributed by atoms with E-state index in [4.69, 9.17) is 5.84 Å². The minimum atomic E-state index is -4.13. The molecule has 0 radical (unpaired) electrons. The summed E-state index contributed by atoms with van der Waals surface area (Å²) in [6.07, 6.45) is -1.47. The molecule has 0 bridgehead atoms. The normalized spacial score (nSPS) is 27.1. The van der Waals surface area contributed by atoms with Crippen LogP contribution in [-0.4, -0.2) is 12.2 Å². The lowest BCUT2D eigenvalue weighted by Gasteiger charge is -2.37. The Bertz CT molecular complexity index is 290. The third-order valence-electron chi connectivity index (χ3n) is 3.47. The van der Waals surface area contributed by atoms with Crippen LogP contribution in [0.5, 0.6) is 0 Å². The number of rotatable bonds is 3. The van der Waals surface area contributed by atoms with E-state index in [-0.39, 0.29) is 12.5 Å². The molecule has 0 amide bonds. The number of nitrogens with one attached hydrogen (secondary N) is 1. The number of nitrogens with two attached hydrogens (primary N) is 1. The monoisotopic (exact) mass is 248 g/mol. The van der Waals surface area contributed by atoms with E-state index in [1.54, 1.807) is 6.92 Å². The molecule has 0 saturated heterocycles. The third kappa shape index (κ3) is 3.90. The highest BCUT2D eigenvalue weighted by Crippen LogP contribution is 2.43. The van der Waals surface area contributed by atoms with E-state index in [0.717, 1.165) is 6.42 Å². The van der Waals surface area contributed by atoms with Crippen molar-refractivity contribution in [1.29, 1.82) is 0 Å². The van der Waals surface area contributed by atoms with E-state index in [1.807, 2.05) is 0 Å². The molecule has 1 saturated carbocycles. The number of hydrogen-bond donors (Lipinski definition) is 2. The molecule has 2 nitrogen and oxygen atoms in total. The summed E-state index contributed by atoms with van der Waals surface area (Å²) in [6, 6.07) is -0.366. The van der Waals surface area contributed by atoms with E-state index in [1.165, 1.54) is 0 Å². The smallest absolute Gasteiger partial charge is 0.271 e. The number of halogens is 3. The Hall–Kier alpha value is -0.730. The molecule has 0 heterocycles. The average Bonchev–Trinajstić information content (AvgIpc) is 2.29. The van der Waals surface area contributed by atoms with Crippen molar-refractivity contribution in [2.75, 3.05) is 0 Å². The van der Waals surface area contributed by atoms with Crippen LogP contribution in [0, 0.1) is 23.7 Å². The highest BCUT2D eigenvalue weighted by atomic mass is 19.4. The summed E-state index contributed by atoms with van der Waals surface area (Å²) in [5.74, 6) is 9.18. The van der Waals surface area contributed by atoms with Crippen LogP contribution in [0.25, 0.3) is 0 Å². The van der Waals surface area contributed by atoms with Gasteiger partial charge in [-0.1, -0.05) is 12.8 Å². The minimum Gasteiger partial charge on any atom is -0.271 e. The van der Waals surface area contributed by atoms with Gasteiger partial charge < -0.3 is 0 Å². The second-order valence-electron chi connectivity index (χ2n) is 4.50. The van der Waals surface area contributed by atoms with Crippen LogP contribution in [-0.2, 0) is 0 Å². The fourth-order valence-electron chi connectivity index (χ4n) is 2.59. The Balaban J connectivity index is 2.77. The molecule has 3 unspecified atom stereocenters. The quantitative estimate of drug-likeness (QED) is 0.458. The zero-order valence-corrected chi connectivity index (χ0v) is 9.98. The lowest BCUT2D eigenvalue weighted by Crippen LogP contribution is -2.48. The molecule has 17 heavy (non-hydrogen) atoms. The minimum absolute atomic E-state index is 0.214. The summed E-state index contributed by atoms with van der Waals surface area (Å²) >= 11 is 0. The van der Waals surface area contributed by atoms with Crippen LogP contribution in [0.3, 0.4) is 0 Å². The maximum absolute atomic E-state index is 12.9. The molecule has 0 aromatic heterocycles. The molecule has 1 aliphatic carbocycles. The lowest BCUT2D eigenvalue weighted by atomic mass is 9.74. The Morgan fingerprint density at radius 1 is 1.35 bits per heavy atom. The van der Waals surface area contributed by atoms with Gasteiger partial charge in [0.1, 0.15) is 0 Å². The molecule has 98 valence electrons. The molecular weight excluding hydrogens is 229 g/mol. The van der Waals surface area contributed by atoms with Crippen molar-refractivity contribution in [2.45, 2.75) is 51.2 Å². The van der Waals surface area contributed by atoms with Crippen molar-refractivity contribution in [1.82, 2.24) is 5.43 Å². The second kappa shape index (κ2) is 6.27.